The van der Waals surface area contributed by atoms with E-state index in [9.17, 15) is 0 Å². The van der Waals surface area contributed by atoms with Crippen LogP contribution in [0.5, 0.6) is 0 Å². The van der Waals surface area contributed by atoms with E-state index in [-0.39, 0.29) is 5.25 Å². The van der Waals surface area contributed by atoms with Gasteiger partial charge in [0.1, 0.15) is 18.6 Å². The summed E-state index contributed by atoms with van der Waals surface area (Å²) in [5, 5.41) is 0.286. The Morgan fingerprint density at radius 2 is 1.88 bits per heavy atom. The molecule has 0 spiro atoms. The van der Waals surface area contributed by atoms with Gasteiger partial charge in [-0.1, -0.05) is 12.8 Å². The van der Waals surface area contributed by atoms with Crippen LogP contribution < -0.4 is 17.2 Å². The van der Waals surface area contributed by atoms with Gasteiger partial charge < -0.3 is 21.9 Å². The van der Waals surface area contributed by atoms with E-state index in [0.29, 0.717) is 42.8 Å². The lowest BCUT2D eigenvalue weighted by atomic mass is 9.92. The number of unbranched alkanes of at least 4 members (excludes halogenated alkanes) is 2. The molecule has 2 rings (SSSR count). The molecule has 0 saturated heterocycles. The molecule has 0 aliphatic carbocycles. The highest BCUT2D eigenvalue weighted by molar-refractivity contribution is 7.81. The van der Waals surface area contributed by atoms with Gasteiger partial charge in [0.2, 0.25) is 0 Å². The van der Waals surface area contributed by atoms with Crippen molar-refractivity contribution in [1.82, 2.24) is 19.5 Å². The van der Waals surface area contributed by atoms with Gasteiger partial charge in [0.15, 0.2) is 11.5 Å². The number of rotatable bonds is 13. The quantitative estimate of drug-likeness (QED) is 0.306. The van der Waals surface area contributed by atoms with Crippen LogP contribution in [0.15, 0.2) is 12.7 Å². The van der Waals surface area contributed by atoms with E-state index in [0.717, 1.165) is 32.2 Å². The third-order valence-electron chi connectivity index (χ3n) is 4.58. The monoisotopic (exact) mass is 381 g/mol. The minimum atomic E-state index is 0.286. The number of hydrogen-bond acceptors (Lipinski definition) is 8. The van der Waals surface area contributed by atoms with Gasteiger partial charge in [-0.25, -0.2) is 15.0 Å². The molecule has 0 bridgehead atoms. The van der Waals surface area contributed by atoms with Gasteiger partial charge in [0.25, 0.3) is 0 Å². The molecular weight excluding hydrogens is 350 g/mol. The standard InChI is InChI=1S/C17H31N7OS/c18-7-3-1-2-4-13(5-8-19)14(26)6-9-25-12-24-11-23-15-16(20)21-10-22-17(15)24/h10-11,13-14,26H,1-9,12,18-19H2,(H2,20,21,22). The number of nitrogens with two attached hydrogens (primary N) is 3. The minimum absolute atomic E-state index is 0.286. The molecular formula is C17H31N7OS. The highest BCUT2D eigenvalue weighted by Gasteiger charge is 2.17. The summed E-state index contributed by atoms with van der Waals surface area (Å²) in [6, 6.07) is 0. The first kappa shape index (κ1) is 20.9. The van der Waals surface area contributed by atoms with Gasteiger partial charge in [-0.2, -0.15) is 12.6 Å². The minimum Gasteiger partial charge on any atom is -0.382 e. The van der Waals surface area contributed by atoms with E-state index in [4.69, 9.17) is 34.6 Å². The summed E-state index contributed by atoms with van der Waals surface area (Å²) in [5.74, 6) is 0.898. The van der Waals surface area contributed by atoms with Gasteiger partial charge in [0.05, 0.1) is 6.33 Å². The maximum atomic E-state index is 5.79. The highest BCUT2D eigenvalue weighted by Crippen LogP contribution is 2.24. The molecule has 2 heterocycles. The molecule has 2 unspecified atom stereocenters. The third kappa shape index (κ3) is 6.08. The lowest BCUT2D eigenvalue weighted by molar-refractivity contribution is 0.0746. The Morgan fingerprint density at radius 1 is 1.04 bits per heavy atom. The zero-order valence-corrected chi connectivity index (χ0v) is 16.2. The predicted octanol–water partition coefficient (Wildman–Crippen LogP) is 1.56. The van der Waals surface area contributed by atoms with Crippen LogP contribution in [0.1, 0.15) is 38.5 Å². The lowest BCUT2D eigenvalue weighted by Gasteiger charge is -2.23. The summed E-state index contributed by atoms with van der Waals surface area (Å²) in [7, 11) is 0. The van der Waals surface area contributed by atoms with Crippen LogP contribution in [0, 0.1) is 5.92 Å². The van der Waals surface area contributed by atoms with Gasteiger partial charge in [-0.3, -0.25) is 4.57 Å². The predicted molar refractivity (Wildman–Crippen MR) is 108 cm³/mol. The van der Waals surface area contributed by atoms with Crippen LogP contribution in [-0.2, 0) is 11.5 Å². The smallest absolute Gasteiger partial charge is 0.167 e. The molecule has 9 heteroatoms. The van der Waals surface area contributed by atoms with Crippen molar-refractivity contribution in [1.29, 1.82) is 0 Å². The van der Waals surface area contributed by atoms with E-state index in [1.807, 2.05) is 4.57 Å². The van der Waals surface area contributed by atoms with Crippen LogP contribution in [0.25, 0.3) is 11.2 Å². The number of anilines is 1. The normalized spacial score (nSPS) is 14.0. The van der Waals surface area contributed by atoms with Gasteiger partial charge in [0, 0.05) is 11.9 Å². The van der Waals surface area contributed by atoms with E-state index >= 15 is 0 Å². The molecule has 0 aliphatic heterocycles. The Bertz CT molecular complexity index is 651. The summed E-state index contributed by atoms with van der Waals surface area (Å²) < 4.78 is 7.62. The molecule has 0 fully saturated rings. The first-order valence-corrected chi connectivity index (χ1v) is 9.76. The molecule has 8 nitrogen and oxygen atoms in total. The summed E-state index contributed by atoms with van der Waals surface area (Å²) in [5.41, 5.74) is 18.4. The maximum Gasteiger partial charge on any atom is 0.167 e. The zero-order valence-electron chi connectivity index (χ0n) is 15.3. The summed E-state index contributed by atoms with van der Waals surface area (Å²) >= 11 is 4.79. The van der Waals surface area contributed by atoms with Crippen molar-refractivity contribution in [3.63, 3.8) is 0 Å². The van der Waals surface area contributed by atoms with Crippen LogP contribution in [0.3, 0.4) is 0 Å². The van der Waals surface area contributed by atoms with Crippen LogP contribution in [-0.4, -0.2) is 44.5 Å². The van der Waals surface area contributed by atoms with Crippen molar-refractivity contribution in [2.75, 3.05) is 25.4 Å². The second-order valence-corrected chi connectivity index (χ2v) is 7.18. The molecule has 0 saturated carbocycles. The molecule has 6 N–H and O–H groups in total. The lowest BCUT2D eigenvalue weighted by Crippen LogP contribution is -2.21. The Labute approximate surface area is 160 Å². The SMILES string of the molecule is NCCCCCC(CCN)C(S)CCOCn1cnc2c(N)ncnc21. The fourth-order valence-electron chi connectivity index (χ4n) is 3.07. The summed E-state index contributed by atoms with van der Waals surface area (Å²) in [4.78, 5) is 12.4. The van der Waals surface area contributed by atoms with Crippen LogP contribution >= 0.6 is 12.6 Å². The van der Waals surface area contributed by atoms with E-state index in [1.54, 1.807) is 6.33 Å². The number of hydrogen-bond donors (Lipinski definition) is 4. The van der Waals surface area contributed by atoms with Crippen LogP contribution in [0.2, 0.25) is 0 Å². The molecule has 2 aromatic rings. The molecule has 0 aromatic carbocycles. The number of nitrogens with zero attached hydrogens (tertiary/aromatic N) is 4. The summed E-state index contributed by atoms with van der Waals surface area (Å²) in [6.07, 6.45) is 9.57. The Kier molecular flexibility index (Phi) is 9.10. The first-order valence-electron chi connectivity index (χ1n) is 9.24. The molecule has 0 aliphatic rings. The average Bonchev–Trinajstić information content (AvgIpc) is 3.06. The molecule has 0 radical (unpaired) electrons. The number of nitrogen functional groups attached to an aromatic ring is 1. The maximum absolute atomic E-state index is 5.79. The largest absolute Gasteiger partial charge is 0.382 e. The van der Waals surface area contributed by atoms with Crippen molar-refractivity contribution in [2.24, 2.45) is 17.4 Å². The number of thiol groups is 1. The second-order valence-electron chi connectivity index (χ2n) is 6.51. The number of ether oxygens (including phenoxy) is 1. The molecule has 26 heavy (non-hydrogen) atoms. The van der Waals surface area contributed by atoms with Crippen molar-refractivity contribution in [3.05, 3.63) is 12.7 Å². The first-order chi connectivity index (χ1) is 12.7. The Hall–Kier alpha value is -1.42. The average molecular weight is 382 g/mol. The van der Waals surface area contributed by atoms with Crippen molar-refractivity contribution < 1.29 is 4.74 Å². The van der Waals surface area contributed by atoms with E-state index in [2.05, 4.69) is 15.0 Å². The number of fused-ring (bicyclic) bond motifs is 1. The van der Waals surface area contributed by atoms with Gasteiger partial charge in [-0.15, -0.1) is 0 Å². The fraction of sp³-hybridized carbons (Fsp3) is 0.706. The third-order valence-corrected chi connectivity index (χ3v) is 5.26. The molecule has 2 atom stereocenters. The second kappa shape index (κ2) is 11.3. The number of aromatic nitrogens is 4. The molecule has 146 valence electrons. The zero-order chi connectivity index (χ0) is 18.8. The van der Waals surface area contributed by atoms with Crippen molar-refractivity contribution in [3.8, 4) is 0 Å². The molecule has 2 aromatic heterocycles. The molecule has 0 amide bonds. The van der Waals surface area contributed by atoms with Crippen LogP contribution in [0.4, 0.5) is 5.82 Å². The number of imidazole rings is 1. The Morgan fingerprint density at radius 3 is 2.65 bits per heavy atom. The Balaban J connectivity index is 1.75. The summed E-state index contributed by atoms with van der Waals surface area (Å²) in [6.45, 7) is 2.46. The highest BCUT2D eigenvalue weighted by atomic mass is 32.1. The fourth-order valence-corrected chi connectivity index (χ4v) is 3.47. The van der Waals surface area contributed by atoms with E-state index < -0.39 is 0 Å². The topological polar surface area (TPSA) is 131 Å². The van der Waals surface area contributed by atoms with Gasteiger partial charge >= 0.3 is 0 Å². The van der Waals surface area contributed by atoms with Crippen molar-refractivity contribution in [2.45, 2.75) is 50.5 Å². The van der Waals surface area contributed by atoms with Gasteiger partial charge in [-0.05, 0) is 44.7 Å². The van der Waals surface area contributed by atoms with Crippen molar-refractivity contribution >= 4 is 29.6 Å². The van der Waals surface area contributed by atoms with E-state index in [1.165, 1.54) is 19.2 Å².